The Bertz CT molecular complexity index is 1140. The molecule has 2 heterocycles. The van der Waals surface area contributed by atoms with Gasteiger partial charge in [0.2, 0.25) is 0 Å². The van der Waals surface area contributed by atoms with E-state index < -0.39 is 12.0 Å². The maximum atomic E-state index is 12.9. The van der Waals surface area contributed by atoms with E-state index in [1.165, 1.54) is 29.1 Å². The third-order valence-electron chi connectivity index (χ3n) is 4.68. The molecule has 0 saturated heterocycles. The summed E-state index contributed by atoms with van der Waals surface area (Å²) < 4.78 is 12.5. The number of allylic oxidation sites excluding steroid dienone is 1. The van der Waals surface area contributed by atoms with Crippen molar-refractivity contribution in [3.8, 4) is 11.5 Å². The Morgan fingerprint density at radius 1 is 1.38 bits per heavy atom. The van der Waals surface area contributed by atoms with Crippen LogP contribution in [0.5, 0.6) is 11.5 Å². The van der Waals surface area contributed by atoms with Gasteiger partial charge >= 0.3 is 5.97 Å². The van der Waals surface area contributed by atoms with Crippen molar-refractivity contribution in [1.29, 1.82) is 0 Å². The molecule has 0 unspecified atom stereocenters. The molecule has 0 spiro atoms. The van der Waals surface area contributed by atoms with Gasteiger partial charge in [0.25, 0.3) is 5.56 Å². The van der Waals surface area contributed by atoms with Gasteiger partial charge in [-0.05, 0) is 38.0 Å². The molecule has 1 atom stereocenters. The van der Waals surface area contributed by atoms with Crippen LogP contribution in [0.2, 0.25) is 0 Å². The predicted octanol–water partition coefficient (Wildman–Crippen LogP) is 2.37. The van der Waals surface area contributed by atoms with Crippen molar-refractivity contribution in [1.82, 2.24) is 4.57 Å². The highest BCUT2D eigenvalue weighted by Gasteiger charge is 2.31. The minimum Gasteiger partial charge on any atom is -0.504 e. The van der Waals surface area contributed by atoms with Gasteiger partial charge in [-0.2, -0.15) is 0 Å². The van der Waals surface area contributed by atoms with Crippen molar-refractivity contribution < 1.29 is 19.4 Å². The van der Waals surface area contributed by atoms with Crippen LogP contribution in [-0.4, -0.2) is 29.4 Å². The summed E-state index contributed by atoms with van der Waals surface area (Å²) in [7, 11) is 1.46. The van der Waals surface area contributed by atoms with Crippen LogP contribution < -0.4 is 19.6 Å². The second-order valence-electron chi connectivity index (χ2n) is 6.56. The SMILES string of the molecule is CCC/C=c1\sc2n(c1=O)C(C)=C(C(=O)OCC)[C@H](c1ccc(O)c(OC)c1)N=2. The first kappa shape index (κ1) is 20.9. The molecule has 0 fully saturated rings. The molecule has 1 N–H and O–H groups in total. The molecule has 1 aliphatic rings. The van der Waals surface area contributed by atoms with Crippen LogP contribution in [0.15, 0.2) is 33.6 Å². The molecular weight excluding hydrogens is 392 g/mol. The summed E-state index contributed by atoms with van der Waals surface area (Å²) in [5, 5.41) is 9.92. The average molecular weight is 416 g/mol. The smallest absolute Gasteiger partial charge is 0.338 e. The van der Waals surface area contributed by atoms with Crippen LogP contribution in [0.4, 0.5) is 0 Å². The molecule has 0 amide bonds. The summed E-state index contributed by atoms with van der Waals surface area (Å²) in [5.41, 5.74) is 1.29. The van der Waals surface area contributed by atoms with Crippen LogP contribution in [0, 0.1) is 0 Å². The van der Waals surface area contributed by atoms with Gasteiger partial charge in [0.15, 0.2) is 16.3 Å². The quantitative estimate of drug-likeness (QED) is 0.730. The van der Waals surface area contributed by atoms with Crippen LogP contribution in [0.3, 0.4) is 0 Å². The molecule has 1 aromatic heterocycles. The van der Waals surface area contributed by atoms with E-state index in [1.807, 2.05) is 13.0 Å². The zero-order chi connectivity index (χ0) is 21.1. The lowest BCUT2D eigenvalue weighted by Crippen LogP contribution is -2.35. The first-order chi connectivity index (χ1) is 13.9. The monoisotopic (exact) mass is 416 g/mol. The standard InChI is InChI=1S/C21H24N2O5S/c1-5-7-8-16-19(25)23-12(3)17(20(26)28-6-2)18(22-21(23)29-16)13-9-10-14(24)15(11-13)27-4/h8-11,18,24H,5-7H2,1-4H3/b16-8-/t18-/m0/s1. The highest BCUT2D eigenvalue weighted by molar-refractivity contribution is 7.07. The van der Waals surface area contributed by atoms with Gasteiger partial charge in [0.1, 0.15) is 6.04 Å². The molecule has 7 nitrogen and oxygen atoms in total. The Balaban J connectivity index is 2.27. The zero-order valence-corrected chi connectivity index (χ0v) is 17.7. The Hall–Kier alpha value is -2.87. The van der Waals surface area contributed by atoms with Gasteiger partial charge < -0.3 is 14.6 Å². The molecule has 1 aromatic carbocycles. The van der Waals surface area contributed by atoms with E-state index in [2.05, 4.69) is 0 Å². The lowest BCUT2D eigenvalue weighted by Gasteiger charge is -2.22. The summed E-state index contributed by atoms with van der Waals surface area (Å²) in [6.07, 6.45) is 3.63. The summed E-state index contributed by atoms with van der Waals surface area (Å²) in [5.74, 6) is -0.242. The molecule has 0 saturated carbocycles. The molecule has 0 aliphatic carbocycles. The Kier molecular flexibility index (Phi) is 6.22. The van der Waals surface area contributed by atoms with Crippen molar-refractivity contribution in [2.24, 2.45) is 4.99 Å². The van der Waals surface area contributed by atoms with Gasteiger partial charge in [-0.15, -0.1) is 0 Å². The number of aromatic hydroxyl groups is 1. The predicted molar refractivity (Wildman–Crippen MR) is 112 cm³/mol. The number of hydrogen-bond acceptors (Lipinski definition) is 7. The van der Waals surface area contributed by atoms with Gasteiger partial charge in [-0.25, -0.2) is 9.79 Å². The van der Waals surface area contributed by atoms with Crippen LogP contribution in [0.25, 0.3) is 11.8 Å². The van der Waals surface area contributed by atoms with Crippen LogP contribution in [0.1, 0.15) is 45.2 Å². The summed E-state index contributed by atoms with van der Waals surface area (Å²) >= 11 is 1.31. The Morgan fingerprint density at radius 3 is 2.79 bits per heavy atom. The summed E-state index contributed by atoms with van der Waals surface area (Å²) in [4.78, 5) is 30.9. The number of rotatable bonds is 6. The van der Waals surface area contributed by atoms with Crippen molar-refractivity contribution in [3.05, 3.63) is 49.0 Å². The topological polar surface area (TPSA) is 90.1 Å². The van der Waals surface area contributed by atoms with E-state index in [4.69, 9.17) is 14.5 Å². The number of ether oxygens (including phenoxy) is 2. The number of carbonyl (C=O) groups excluding carboxylic acids is 1. The van der Waals surface area contributed by atoms with Crippen LogP contribution >= 0.6 is 11.3 Å². The number of nitrogens with zero attached hydrogens (tertiary/aromatic N) is 2. The molecule has 154 valence electrons. The number of aromatic nitrogens is 1. The number of hydrogen-bond donors (Lipinski definition) is 1. The number of carbonyl (C=O) groups is 1. The van der Waals surface area contributed by atoms with Crippen molar-refractivity contribution in [2.75, 3.05) is 13.7 Å². The van der Waals surface area contributed by atoms with Gasteiger partial charge in [0, 0.05) is 5.70 Å². The van der Waals surface area contributed by atoms with E-state index >= 15 is 0 Å². The van der Waals surface area contributed by atoms with E-state index in [9.17, 15) is 14.7 Å². The minimum absolute atomic E-state index is 0.00469. The largest absolute Gasteiger partial charge is 0.504 e. The number of phenolic OH excluding ortho intramolecular Hbond substituents is 1. The van der Waals surface area contributed by atoms with Gasteiger partial charge in [-0.1, -0.05) is 36.8 Å². The van der Waals surface area contributed by atoms with Gasteiger partial charge in [-0.3, -0.25) is 9.36 Å². The zero-order valence-electron chi connectivity index (χ0n) is 16.9. The first-order valence-electron chi connectivity index (χ1n) is 9.47. The lowest BCUT2D eigenvalue weighted by atomic mass is 9.96. The number of methoxy groups -OCH3 is 1. The third kappa shape index (κ3) is 3.85. The maximum absolute atomic E-state index is 12.9. The lowest BCUT2D eigenvalue weighted by molar-refractivity contribution is -0.138. The van der Waals surface area contributed by atoms with Crippen LogP contribution in [-0.2, 0) is 9.53 Å². The first-order valence-corrected chi connectivity index (χ1v) is 10.3. The molecule has 0 bridgehead atoms. The fourth-order valence-corrected chi connectivity index (χ4v) is 4.28. The van der Waals surface area contributed by atoms with Gasteiger partial charge in [0.05, 0.1) is 23.8 Å². The van der Waals surface area contributed by atoms with E-state index in [0.29, 0.717) is 26.2 Å². The summed E-state index contributed by atoms with van der Waals surface area (Å²) in [6.45, 7) is 5.71. The molecule has 29 heavy (non-hydrogen) atoms. The number of phenols is 1. The molecule has 3 rings (SSSR count). The Morgan fingerprint density at radius 2 is 2.14 bits per heavy atom. The number of thiazole rings is 1. The fourth-order valence-electron chi connectivity index (χ4n) is 3.24. The molecule has 0 radical (unpaired) electrons. The maximum Gasteiger partial charge on any atom is 0.338 e. The fraction of sp³-hybridized carbons (Fsp3) is 0.381. The van der Waals surface area contributed by atoms with E-state index in [1.54, 1.807) is 26.0 Å². The van der Waals surface area contributed by atoms with Crippen molar-refractivity contribution >= 4 is 29.1 Å². The number of fused-ring (bicyclic) bond motifs is 1. The molecule has 2 aromatic rings. The minimum atomic E-state index is -0.666. The summed E-state index contributed by atoms with van der Waals surface area (Å²) in [6, 6.07) is 4.16. The number of unbranched alkanes of at least 4 members (excludes halogenated alkanes) is 1. The second-order valence-corrected chi connectivity index (χ2v) is 7.57. The molecular formula is C21H24N2O5S. The van der Waals surface area contributed by atoms with E-state index in [0.717, 1.165) is 12.8 Å². The van der Waals surface area contributed by atoms with Crippen molar-refractivity contribution in [2.45, 2.75) is 39.7 Å². The normalized spacial score (nSPS) is 16.4. The highest BCUT2D eigenvalue weighted by Crippen LogP contribution is 2.36. The molecule has 1 aliphatic heterocycles. The number of benzene rings is 1. The van der Waals surface area contributed by atoms with Crippen molar-refractivity contribution in [3.63, 3.8) is 0 Å². The third-order valence-corrected chi connectivity index (χ3v) is 5.71. The second kappa shape index (κ2) is 8.65. The average Bonchev–Trinajstić information content (AvgIpc) is 3.02. The number of esters is 1. The highest BCUT2D eigenvalue weighted by atomic mass is 32.1. The molecule has 8 heteroatoms. The van der Waals surface area contributed by atoms with E-state index in [-0.39, 0.29) is 23.7 Å². The Labute approximate surface area is 172 Å².